The largest absolute Gasteiger partial charge is 0.443 e. The van der Waals surface area contributed by atoms with Crippen LogP contribution in [0.2, 0.25) is 0 Å². The van der Waals surface area contributed by atoms with E-state index in [9.17, 15) is 9.59 Å². The molecule has 0 spiro atoms. The highest BCUT2D eigenvalue weighted by Crippen LogP contribution is 2.31. The lowest BCUT2D eigenvalue weighted by molar-refractivity contribution is -0.119. The summed E-state index contributed by atoms with van der Waals surface area (Å²) in [6.45, 7) is 7.53. The molecule has 0 aliphatic heterocycles. The first-order valence-electron chi connectivity index (χ1n) is 8.91. The molecule has 0 atom stereocenters. The molecule has 0 bridgehead atoms. The average molecular weight is 398 g/mol. The molecule has 0 aliphatic carbocycles. The Hall–Kier alpha value is -2.87. The summed E-state index contributed by atoms with van der Waals surface area (Å²) in [7, 11) is 0. The van der Waals surface area contributed by atoms with Crippen LogP contribution in [0.15, 0.2) is 39.9 Å². The third kappa shape index (κ3) is 4.51. The smallest absolute Gasteiger partial charge is 0.256 e. The number of thioether (sulfide) groups is 1. The van der Waals surface area contributed by atoms with E-state index in [1.54, 1.807) is 24.3 Å². The summed E-state index contributed by atoms with van der Waals surface area (Å²) in [5.41, 5.74) is 1.78. The molecule has 0 fully saturated rings. The van der Waals surface area contributed by atoms with Gasteiger partial charge in [0, 0.05) is 17.2 Å². The van der Waals surface area contributed by atoms with Crippen molar-refractivity contribution < 1.29 is 14.0 Å². The third-order valence-corrected chi connectivity index (χ3v) is 4.91. The normalized spacial score (nSPS) is 11.0. The number of furan rings is 1. The van der Waals surface area contributed by atoms with E-state index < -0.39 is 0 Å². The zero-order valence-corrected chi connectivity index (χ0v) is 17.0. The van der Waals surface area contributed by atoms with E-state index in [0.29, 0.717) is 33.4 Å². The molecule has 2 amide bonds. The Balaban J connectivity index is 1.90. The fourth-order valence-electron chi connectivity index (χ4n) is 2.65. The van der Waals surface area contributed by atoms with Gasteiger partial charge in [0.05, 0.1) is 11.1 Å². The Labute approximate surface area is 167 Å². The van der Waals surface area contributed by atoms with Crippen molar-refractivity contribution >= 4 is 40.5 Å². The van der Waals surface area contributed by atoms with Crippen molar-refractivity contribution in [1.29, 1.82) is 0 Å². The van der Waals surface area contributed by atoms with Gasteiger partial charge in [0.1, 0.15) is 11.6 Å². The summed E-state index contributed by atoms with van der Waals surface area (Å²) in [6, 6.07) is 8.96. The number of amides is 2. The highest BCUT2D eigenvalue weighted by atomic mass is 32.2. The number of fused-ring (bicyclic) bond motifs is 1. The van der Waals surface area contributed by atoms with Crippen molar-refractivity contribution in [2.45, 2.75) is 38.9 Å². The maximum absolute atomic E-state index is 12.6. The highest BCUT2D eigenvalue weighted by Gasteiger charge is 2.19. The first kappa shape index (κ1) is 19.9. The molecule has 2 aromatic heterocycles. The number of nitrogens with one attached hydrogen (secondary N) is 2. The van der Waals surface area contributed by atoms with Crippen LogP contribution >= 0.6 is 11.8 Å². The van der Waals surface area contributed by atoms with Gasteiger partial charge < -0.3 is 15.1 Å². The molecule has 0 unspecified atom stereocenters. The lowest BCUT2D eigenvalue weighted by atomic mass is 10.2. The van der Waals surface area contributed by atoms with Gasteiger partial charge in [0.25, 0.3) is 5.91 Å². The molecular weight excluding hydrogens is 376 g/mol. The number of rotatable bonds is 6. The van der Waals surface area contributed by atoms with Crippen molar-refractivity contribution in [2.24, 2.45) is 0 Å². The molecule has 28 heavy (non-hydrogen) atoms. The second kappa shape index (κ2) is 8.43. The zero-order chi connectivity index (χ0) is 20.3. The fourth-order valence-corrected chi connectivity index (χ4v) is 3.29. The van der Waals surface area contributed by atoms with Crippen LogP contribution in [0.25, 0.3) is 11.1 Å². The number of hydrogen-bond donors (Lipinski definition) is 2. The van der Waals surface area contributed by atoms with Gasteiger partial charge >= 0.3 is 0 Å². The first-order valence-corrected chi connectivity index (χ1v) is 9.90. The quantitative estimate of drug-likeness (QED) is 0.485. The topological polar surface area (TPSA) is 97.1 Å². The Bertz CT molecular complexity index is 1020. The number of hydrogen-bond acceptors (Lipinski definition) is 6. The first-order chi connectivity index (χ1) is 13.3. The minimum atomic E-state index is -0.271. The van der Waals surface area contributed by atoms with E-state index in [0.717, 1.165) is 5.56 Å². The minimum Gasteiger partial charge on any atom is -0.443 e. The SMILES string of the molecule is Cc1oc2nc(SCC(=O)NC(C)C)nc(NC(=O)c3ccccc3)c2c1C. The Morgan fingerprint density at radius 1 is 1.14 bits per heavy atom. The van der Waals surface area contributed by atoms with Gasteiger partial charge in [-0.05, 0) is 39.8 Å². The summed E-state index contributed by atoms with van der Waals surface area (Å²) in [4.78, 5) is 33.4. The molecule has 3 rings (SSSR count). The number of carbonyl (C=O) groups excluding carboxylic acids is 2. The average Bonchev–Trinajstić information content (AvgIpc) is 2.94. The van der Waals surface area contributed by atoms with Crippen molar-refractivity contribution in [2.75, 3.05) is 11.1 Å². The van der Waals surface area contributed by atoms with E-state index in [-0.39, 0.29) is 23.6 Å². The summed E-state index contributed by atoms with van der Waals surface area (Å²) in [6.07, 6.45) is 0. The van der Waals surface area contributed by atoms with Crippen LogP contribution in [0.1, 0.15) is 35.5 Å². The Kier molecular flexibility index (Phi) is 5.99. The number of aromatic nitrogens is 2. The maximum Gasteiger partial charge on any atom is 0.256 e. The molecule has 146 valence electrons. The van der Waals surface area contributed by atoms with Crippen molar-refractivity contribution in [3.63, 3.8) is 0 Å². The Morgan fingerprint density at radius 3 is 2.54 bits per heavy atom. The predicted octanol–water partition coefficient (Wildman–Crippen LogP) is 3.71. The number of aryl methyl sites for hydroxylation is 2. The summed E-state index contributed by atoms with van der Waals surface area (Å²) >= 11 is 1.19. The van der Waals surface area contributed by atoms with Gasteiger partial charge in [-0.1, -0.05) is 30.0 Å². The number of nitrogens with zero attached hydrogens (tertiary/aromatic N) is 2. The van der Waals surface area contributed by atoms with E-state index in [4.69, 9.17) is 4.42 Å². The van der Waals surface area contributed by atoms with E-state index >= 15 is 0 Å². The second-order valence-electron chi connectivity index (χ2n) is 6.65. The van der Waals surface area contributed by atoms with Crippen LogP contribution < -0.4 is 10.6 Å². The number of anilines is 1. The van der Waals surface area contributed by atoms with Crippen LogP contribution in [0, 0.1) is 13.8 Å². The number of carbonyl (C=O) groups is 2. The molecule has 2 N–H and O–H groups in total. The minimum absolute atomic E-state index is 0.0626. The van der Waals surface area contributed by atoms with Crippen molar-refractivity contribution in [3.05, 3.63) is 47.2 Å². The van der Waals surface area contributed by atoms with Gasteiger partial charge in [-0.2, -0.15) is 4.98 Å². The fraction of sp³-hybridized carbons (Fsp3) is 0.300. The second-order valence-corrected chi connectivity index (χ2v) is 7.59. The molecule has 2 heterocycles. The third-order valence-electron chi connectivity index (χ3n) is 4.06. The predicted molar refractivity (Wildman–Crippen MR) is 110 cm³/mol. The van der Waals surface area contributed by atoms with E-state index in [2.05, 4.69) is 20.6 Å². The molecule has 7 nitrogen and oxygen atoms in total. The lowest BCUT2D eigenvalue weighted by Crippen LogP contribution is -2.31. The van der Waals surface area contributed by atoms with Crippen LogP contribution in [0.5, 0.6) is 0 Å². The van der Waals surface area contributed by atoms with Crippen LogP contribution in [0.3, 0.4) is 0 Å². The van der Waals surface area contributed by atoms with Crippen LogP contribution in [0.4, 0.5) is 5.82 Å². The summed E-state index contributed by atoms with van der Waals surface area (Å²) in [5, 5.41) is 6.70. The molecule has 0 saturated heterocycles. The van der Waals surface area contributed by atoms with E-state index in [1.165, 1.54) is 11.8 Å². The highest BCUT2D eigenvalue weighted by molar-refractivity contribution is 7.99. The van der Waals surface area contributed by atoms with Gasteiger partial charge in [0.2, 0.25) is 11.6 Å². The standard InChI is InChI=1S/C20H22N4O3S/c1-11(2)21-15(25)10-28-20-23-17(16-12(3)13(4)27-19(16)24-20)22-18(26)14-8-6-5-7-9-14/h5-9,11H,10H2,1-4H3,(H,21,25)(H,22,23,24,26). The molecule has 0 saturated carbocycles. The van der Waals surface area contributed by atoms with E-state index in [1.807, 2.05) is 33.8 Å². The van der Waals surface area contributed by atoms with Gasteiger partial charge in [-0.15, -0.1) is 0 Å². The summed E-state index contributed by atoms with van der Waals surface area (Å²) < 4.78 is 5.72. The maximum atomic E-state index is 12.6. The summed E-state index contributed by atoms with van der Waals surface area (Å²) in [5.74, 6) is 0.881. The van der Waals surface area contributed by atoms with Crippen molar-refractivity contribution in [1.82, 2.24) is 15.3 Å². The molecule has 0 aliphatic rings. The van der Waals surface area contributed by atoms with Gasteiger partial charge in [-0.25, -0.2) is 4.98 Å². The molecule has 0 radical (unpaired) electrons. The van der Waals surface area contributed by atoms with Gasteiger partial charge in [0.15, 0.2) is 5.16 Å². The number of benzene rings is 1. The van der Waals surface area contributed by atoms with Crippen molar-refractivity contribution in [3.8, 4) is 0 Å². The Morgan fingerprint density at radius 2 is 1.86 bits per heavy atom. The van der Waals surface area contributed by atoms with Crippen LogP contribution in [-0.4, -0.2) is 33.6 Å². The monoisotopic (exact) mass is 398 g/mol. The molecule has 3 aromatic rings. The lowest BCUT2D eigenvalue weighted by Gasteiger charge is -2.09. The molecular formula is C20H22N4O3S. The van der Waals surface area contributed by atoms with Gasteiger partial charge in [-0.3, -0.25) is 9.59 Å². The zero-order valence-electron chi connectivity index (χ0n) is 16.2. The molecule has 8 heteroatoms. The van der Waals surface area contributed by atoms with Crippen LogP contribution in [-0.2, 0) is 4.79 Å². The molecule has 1 aromatic carbocycles.